The number of fused-ring (bicyclic) bond motifs is 2. The van der Waals surface area contributed by atoms with Gasteiger partial charge in [-0.1, -0.05) is 11.3 Å². The maximum atomic E-state index is 13.1. The molecule has 0 saturated carbocycles. The molecular formula is C23H26N4O4S2. The summed E-state index contributed by atoms with van der Waals surface area (Å²) in [7, 11) is -2.51. The van der Waals surface area contributed by atoms with Gasteiger partial charge in [0.25, 0.3) is 0 Å². The molecular weight excluding hydrogens is 460 g/mol. The Morgan fingerprint density at radius 2 is 1.91 bits per heavy atom. The molecule has 2 amide bonds. The highest BCUT2D eigenvalue weighted by molar-refractivity contribution is 7.89. The van der Waals surface area contributed by atoms with Crippen molar-refractivity contribution >= 4 is 54.2 Å². The van der Waals surface area contributed by atoms with Crippen LogP contribution in [0.4, 0.5) is 10.8 Å². The summed E-state index contributed by atoms with van der Waals surface area (Å²) in [6, 6.07) is 8.70. The summed E-state index contributed by atoms with van der Waals surface area (Å²) in [6.07, 6.45) is 0.582. The van der Waals surface area contributed by atoms with Crippen LogP contribution in [-0.2, 0) is 26.0 Å². The average Bonchev–Trinajstić information content (AvgIpc) is 3.25. The van der Waals surface area contributed by atoms with Gasteiger partial charge in [0, 0.05) is 25.7 Å². The number of anilines is 2. The second-order valence-electron chi connectivity index (χ2n) is 8.47. The summed E-state index contributed by atoms with van der Waals surface area (Å²) in [5.41, 5.74) is 4.59. The SMILES string of the molecule is CC(=O)N1c2ccc(S(=O)(=O)N(C)CC(=O)Nc3nc4cc(C)c(C)cc4s3)cc2CC1C. The number of hydrogen-bond acceptors (Lipinski definition) is 6. The number of benzene rings is 2. The van der Waals surface area contributed by atoms with Gasteiger partial charge in [-0.2, -0.15) is 4.31 Å². The highest BCUT2D eigenvalue weighted by atomic mass is 32.2. The minimum absolute atomic E-state index is 0.0275. The number of nitrogens with zero attached hydrogens (tertiary/aromatic N) is 3. The molecule has 1 unspecified atom stereocenters. The molecule has 0 bridgehead atoms. The van der Waals surface area contributed by atoms with Gasteiger partial charge >= 0.3 is 0 Å². The summed E-state index contributed by atoms with van der Waals surface area (Å²) in [6.45, 7) is 7.10. The second-order valence-corrected chi connectivity index (χ2v) is 11.5. The predicted octanol–water partition coefficient (Wildman–Crippen LogP) is 3.47. The highest BCUT2D eigenvalue weighted by Crippen LogP contribution is 2.34. The van der Waals surface area contributed by atoms with Gasteiger partial charge < -0.3 is 10.2 Å². The van der Waals surface area contributed by atoms with Gasteiger partial charge in [-0.15, -0.1) is 0 Å². The molecule has 2 aromatic carbocycles. The first kappa shape index (κ1) is 23.3. The van der Waals surface area contributed by atoms with Gasteiger partial charge in [-0.25, -0.2) is 13.4 Å². The van der Waals surface area contributed by atoms with Crippen molar-refractivity contribution in [3.05, 3.63) is 47.0 Å². The van der Waals surface area contributed by atoms with E-state index in [9.17, 15) is 18.0 Å². The molecule has 2 heterocycles. The van der Waals surface area contributed by atoms with Crippen LogP contribution in [-0.4, -0.2) is 49.2 Å². The maximum Gasteiger partial charge on any atom is 0.243 e. The van der Waals surface area contributed by atoms with Crippen LogP contribution < -0.4 is 10.2 Å². The minimum Gasteiger partial charge on any atom is -0.309 e. The first-order valence-electron chi connectivity index (χ1n) is 10.5. The molecule has 4 rings (SSSR count). The van der Waals surface area contributed by atoms with Gasteiger partial charge in [0.1, 0.15) is 0 Å². The topological polar surface area (TPSA) is 99.7 Å². The van der Waals surface area contributed by atoms with Crippen molar-refractivity contribution in [1.82, 2.24) is 9.29 Å². The Kier molecular flexibility index (Phi) is 6.02. The number of amides is 2. The van der Waals surface area contributed by atoms with Gasteiger partial charge in [-0.3, -0.25) is 9.59 Å². The van der Waals surface area contributed by atoms with Gasteiger partial charge in [0.15, 0.2) is 5.13 Å². The lowest BCUT2D eigenvalue weighted by atomic mass is 10.1. The predicted molar refractivity (Wildman–Crippen MR) is 130 cm³/mol. The third-order valence-electron chi connectivity index (χ3n) is 5.93. The van der Waals surface area contributed by atoms with Crippen molar-refractivity contribution < 1.29 is 18.0 Å². The van der Waals surface area contributed by atoms with Crippen LogP contribution in [0.2, 0.25) is 0 Å². The van der Waals surface area contributed by atoms with Crippen molar-refractivity contribution in [3.63, 3.8) is 0 Å². The summed E-state index contributed by atoms with van der Waals surface area (Å²) in [4.78, 5) is 30.7. The molecule has 174 valence electrons. The fourth-order valence-corrected chi connectivity index (χ4v) is 6.25. The Labute approximate surface area is 197 Å². The molecule has 0 saturated heterocycles. The number of sulfonamides is 1. The number of thiazole rings is 1. The quantitative estimate of drug-likeness (QED) is 0.595. The van der Waals surface area contributed by atoms with Crippen molar-refractivity contribution in [3.8, 4) is 0 Å². The van der Waals surface area contributed by atoms with Crippen LogP contribution in [0.15, 0.2) is 35.2 Å². The number of aryl methyl sites for hydroxylation is 2. The third kappa shape index (κ3) is 4.38. The van der Waals surface area contributed by atoms with Crippen molar-refractivity contribution in [2.45, 2.75) is 45.1 Å². The Balaban J connectivity index is 1.49. The fraction of sp³-hybridized carbons (Fsp3) is 0.348. The largest absolute Gasteiger partial charge is 0.309 e. The molecule has 1 aliphatic rings. The number of carbonyl (C=O) groups is 2. The normalized spacial score (nSPS) is 15.8. The molecule has 0 fully saturated rings. The number of carbonyl (C=O) groups excluding carboxylic acids is 2. The first-order chi connectivity index (χ1) is 15.5. The van der Waals surface area contributed by atoms with Gasteiger partial charge in [0.05, 0.1) is 21.7 Å². The smallest absolute Gasteiger partial charge is 0.243 e. The van der Waals surface area contributed by atoms with E-state index < -0.39 is 15.9 Å². The van der Waals surface area contributed by atoms with Crippen LogP contribution in [0.1, 0.15) is 30.5 Å². The Morgan fingerprint density at radius 1 is 1.21 bits per heavy atom. The number of likely N-dealkylation sites (N-methyl/N-ethyl adjacent to an activating group) is 1. The molecule has 0 aliphatic carbocycles. The molecule has 1 atom stereocenters. The lowest BCUT2D eigenvalue weighted by Crippen LogP contribution is -2.35. The first-order valence-corrected chi connectivity index (χ1v) is 12.8. The maximum absolute atomic E-state index is 13.1. The molecule has 0 spiro atoms. The average molecular weight is 487 g/mol. The molecule has 8 nitrogen and oxygen atoms in total. The van der Waals surface area contributed by atoms with Gasteiger partial charge in [-0.05, 0) is 74.2 Å². The Morgan fingerprint density at radius 3 is 2.61 bits per heavy atom. The Bertz CT molecular complexity index is 1340. The molecule has 3 aromatic rings. The monoisotopic (exact) mass is 486 g/mol. The summed E-state index contributed by atoms with van der Waals surface area (Å²) >= 11 is 1.35. The number of nitrogens with one attached hydrogen (secondary N) is 1. The van der Waals surface area contributed by atoms with E-state index in [0.717, 1.165) is 36.9 Å². The fourth-order valence-electron chi connectivity index (χ4n) is 4.11. The van der Waals surface area contributed by atoms with E-state index in [4.69, 9.17) is 0 Å². The van der Waals surface area contributed by atoms with E-state index in [1.165, 1.54) is 31.4 Å². The number of hydrogen-bond donors (Lipinski definition) is 1. The van der Waals surface area contributed by atoms with E-state index in [-0.39, 0.29) is 23.4 Å². The minimum atomic E-state index is -3.89. The van der Waals surface area contributed by atoms with Crippen LogP contribution in [0, 0.1) is 13.8 Å². The summed E-state index contributed by atoms with van der Waals surface area (Å²) in [5.74, 6) is -0.545. The third-order valence-corrected chi connectivity index (χ3v) is 8.66. The molecule has 1 aromatic heterocycles. The lowest BCUT2D eigenvalue weighted by Gasteiger charge is -2.21. The second kappa shape index (κ2) is 8.51. The van der Waals surface area contributed by atoms with E-state index in [1.807, 2.05) is 32.9 Å². The zero-order valence-corrected chi connectivity index (χ0v) is 20.8. The standard InChI is InChI=1S/C23H26N4O4S2/c1-13-8-19-21(9-14(13)2)32-23(24-19)25-22(29)12-26(5)33(30,31)18-6-7-20-17(11-18)10-15(3)27(20)16(4)28/h6-9,11,15H,10,12H2,1-5H3,(H,24,25,29). The van der Waals surface area contributed by atoms with E-state index >= 15 is 0 Å². The molecule has 10 heteroatoms. The van der Waals surface area contributed by atoms with Crippen LogP contribution in [0.25, 0.3) is 10.2 Å². The zero-order chi connectivity index (χ0) is 24.1. The van der Waals surface area contributed by atoms with Crippen LogP contribution in [0.5, 0.6) is 0 Å². The van der Waals surface area contributed by atoms with E-state index in [1.54, 1.807) is 17.0 Å². The Hall–Kier alpha value is -2.82. The molecule has 0 radical (unpaired) electrons. The van der Waals surface area contributed by atoms with Crippen LogP contribution in [0.3, 0.4) is 0 Å². The van der Waals surface area contributed by atoms with E-state index in [0.29, 0.717) is 11.6 Å². The van der Waals surface area contributed by atoms with Crippen molar-refractivity contribution in [2.75, 3.05) is 23.8 Å². The summed E-state index contributed by atoms with van der Waals surface area (Å²) < 4.78 is 28.2. The van der Waals surface area contributed by atoms with Gasteiger partial charge in [0.2, 0.25) is 21.8 Å². The molecule has 1 N–H and O–H groups in total. The summed E-state index contributed by atoms with van der Waals surface area (Å²) in [5, 5.41) is 3.14. The zero-order valence-electron chi connectivity index (χ0n) is 19.2. The van der Waals surface area contributed by atoms with E-state index in [2.05, 4.69) is 10.3 Å². The lowest BCUT2D eigenvalue weighted by molar-refractivity contribution is -0.117. The molecule has 1 aliphatic heterocycles. The molecule has 33 heavy (non-hydrogen) atoms. The van der Waals surface area contributed by atoms with Crippen LogP contribution >= 0.6 is 11.3 Å². The van der Waals surface area contributed by atoms with Crippen molar-refractivity contribution in [2.24, 2.45) is 0 Å². The number of aromatic nitrogens is 1. The number of rotatable bonds is 5. The highest BCUT2D eigenvalue weighted by Gasteiger charge is 2.31. The van der Waals surface area contributed by atoms with Crippen molar-refractivity contribution in [1.29, 1.82) is 0 Å².